The van der Waals surface area contributed by atoms with Crippen LogP contribution in [0.3, 0.4) is 0 Å². The molecule has 0 heteroatoms. The molecule has 0 N–H and O–H groups in total. The van der Waals surface area contributed by atoms with Crippen LogP contribution in [0.4, 0.5) is 0 Å². The highest BCUT2D eigenvalue weighted by Crippen LogP contribution is 2.61. The van der Waals surface area contributed by atoms with E-state index in [1.54, 1.807) is 0 Å². The van der Waals surface area contributed by atoms with Gasteiger partial charge in [-0.3, -0.25) is 0 Å². The van der Waals surface area contributed by atoms with E-state index < -0.39 is 0 Å². The molecule has 0 amide bonds. The molecule has 8 aromatic rings. The summed E-state index contributed by atoms with van der Waals surface area (Å²) in [6.45, 7) is 0. The first-order chi connectivity index (χ1) is 27.2. The fourth-order valence-electron chi connectivity index (χ4n) is 10.7. The van der Waals surface area contributed by atoms with Gasteiger partial charge in [0.1, 0.15) is 0 Å². The Balaban J connectivity index is 1.39. The van der Waals surface area contributed by atoms with E-state index in [1.165, 1.54) is 19.3 Å². The van der Waals surface area contributed by atoms with Crippen LogP contribution < -0.4 is 0 Å². The quantitative estimate of drug-likeness (QED) is 0.167. The molecular formula is C50H40. The third-order valence-corrected chi connectivity index (χ3v) is 12.4. The van der Waals surface area contributed by atoms with Gasteiger partial charge < -0.3 is 0 Å². The highest BCUT2D eigenvalue weighted by molar-refractivity contribution is 6.24. The maximum atomic E-state index is 10.4. The minimum atomic E-state index is -0.321. The molecule has 0 spiro atoms. The Morgan fingerprint density at radius 2 is 0.960 bits per heavy atom. The fourth-order valence-corrected chi connectivity index (χ4v) is 10.7. The van der Waals surface area contributed by atoms with E-state index in [-0.39, 0.29) is 41.7 Å². The molecule has 4 saturated carbocycles. The zero-order chi connectivity index (χ0) is 38.0. The molecule has 0 heterocycles. The monoisotopic (exact) mass is 646 g/mol. The van der Waals surface area contributed by atoms with Crippen LogP contribution in [-0.2, 0) is 5.41 Å². The van der Waals surface area contributed by atoms with Gasteiger partial charge in [-0.05, 0) is 156 Å². The van der Waals surface area contributed by atoms with Crippen LogP contribution in [0, 0.1) is 17.8 Å². The molecule has 4 fully saturated rings. The van der Waals surface area contributed by atoms with E-state index in [2.05, 4.69) is 18.2 Å². The molecule has 4 aliphatic carbocycles. The van der Waals surface area contributed by atoms with Crippen molar-refractivity contribution >= 4 is 43.1 Å². The lowest BCUT2D eigenvalue weighted by atomic mass is 9.48. The summed E-state index contributed by atoms with van der Waals surface area (Å²) in [6.07, 6.45) is 6.55. The minimum Gasteiger partial charge on any atom is -0.0622 e. The van der Waals surface area contributed by atoms with Crippen LogP contribution in [-0.4, -0.2) is 0 Å². The Bertz CT molecular complexity index is 2920. The lowest BCUT2D eigenvalue weighted by molar-refractivity contribution is -0.00512. The smallest absolute Gasteiger partial charge is 0.0622 e. The molecule has 0 aromatic heterocycles. The Kier molecular flexibility index (Phi) is 5.07. The highest BCUT2D eigenvalue weighted by atomic mass is 14.6. The van der Waals surface area contributed by atoms with Gasteiger partial charge in [0.2, 0.25) is 0 Å². The summed E-state index contributed by atoms with van der Waals surface area (Å²) in [7, 11) is 0. The van der Waals surface area contributed by atoms with Crippen molar-refractivity contribution in [1.82, 2.24) is 0 Å². The predicted octanol–water partition coefficient (Wildman–Crippen LogP) is 13.8. The van der Waals surface area contributed by atoms with Crippen molar-refractivity contribution < 1.29 is 8.22 Å². The zero-order valence-electron chi connectivity index (χ0n) is 33.9. The maximum absolute atomic E-state index is 10.4. The maximum Gasteiger partial charge on any atom is 0.0636 e. The van der Waals surface area contributed by atoms with Gasteiger partial charge in [-0.2, -0.15) is 0 Å². The van der Waals surface area contributed by atoms with Gasteiger partial charge in [0.15, 0.2) is 0 Å². The van der Waals surface area contributed by atoms with Crippen molar-refractivity contribution in [2.75, 3.05) is 0 Å². The SMILES string of the molecule is [2H]c1c(-c2cccc3ccccc23)c([2H])c2c(-c3cccc4ccccc34)c3c([2H])c([2H])c(C45CC6CC(CC(C6)C4)C5)c([2H])c3c(-c3ccccc3)c2c1[2H]. The van der Waals surface area contributed by atoms with Gasteiger partial charge in [-0.15, -0.1) is 0 Å². The average molecular weight is 647 g/mol. The topological polar surface area (TPSA) is 0 Å². The fraction of sp³-hybridized carbons (Fsp3) is 0.200. The Hall–Kier alpha value is -5.20. The van der Waals surface area contributed by atoms with Crippen LogP contribution in [0.2, 0.25) is 0 Å². The van der Waals surface area contributed by atoms with Crippen LogP contribution in [0.1, 0.15) is 52.3 Å². The summed E-state index contributed by atoms with van der Waals surface area (Å²) in [5.74, 6) is 1.77. The number of fused-ring (bicyclic) bond motifs is 4. The summed E-state index contributed by atoms with van der Waals surface area (Å²) < 4.78 is 60.5. The number of rotatable bonds is 4. The second-order valence-electron chi connectivity index (χ2n) is 15.4. The van der Waals surface area contributed by atoms with Crippen molar-refractivity contribution in [2.24, 2.45) is 17.8 Å². The molecule has 12 rings (SSSR count). The van der Waals surface area contributed by atoms with Gasteiger partial charge in [0, 0.05) is 0 Å². The summed E-state index contributed by atoms with van der Waals surface area (Å²) in [5.41, 5.74) is 4.24. The first kappa shape index (κ1) is 23.2. The summed E-state index contributed by atoms with van der Waals surface area (Å²) >= 11 is 0. The third kappa shape index (κ3) is 4.30. The molecular weight excluding hydrogens is 601 g/mol. The molecule has 0 nitrogen and oxygen atoms in total. The molecule has 4 aliphatic rings. The second kappa shape index (κ2) is 10.9. The van der Waals surface area contributed by atoms with Gasteiger partial charge in [-0.25, -0.2) is 0 Å². The van der Waals surface area contributed by atoms with Crippen LogP contribution in [0.25, 0.3) is 76.5 Å². The van der Waals surface area contributed by atoms with E-state index in [4.69, 9.17) is 0 Å². The molecule has 0 unspecified atom stereocenters. The normalized spacial score (nSPS) is 24.3. The largest absolute Gasteiger partial charge is 0.0636 e. The van der Waals surface area contributed by atoms with E-state index >= 15 is 0 Å². The summed E-state index contributed by atoms with van der Waals surface area (Å²) in [6, 6.07) is 38.4. The predicted molar refractivity (Wildman–Crippen MR) is 213 cm³/mol. The van der Waals surface area contributed by atoms with Gasteiger partial charge in [0.05, 0.1) is 8.22 Å². The zero-order valence-corrected chi connectivity index (χ0v) is 27.9. The molecule has 8 aromatic carbocycles. The number of hydrogen-bond acceptors (Lipinski definition) is 0. The highest BCUT2D eigenvalue weighted by Gasteiger charge is 2.51. The number of hydrogen-bond donors (Lipinski definition) is 0. The van der Waals surface area contributed by atoms with Gasteiger partial charge in [0.25, 0.3) is 0 Å². The van der Waals surface area contributed by atoms with Crippen molar-refractivity contribution in [2.45, 2.75) is 43.9 Å². The second-order valence-corrected chi connectivity index (χ2v) is 15.4. The van der Waals surface area contributed by atoms with Crippen molar-refractivity contribution in [1.29, 1.82) is 0 Å². The van der Waals surface area contributed by atoms with Crippen LogP contribution in [0.15, 0.2) is 152 Å². The molecule has 240 valence electrons. The summed E-state index contributed by atoms with van der Waals surface area (Å²) in [4.78, 5) is 0. The first-order valence-electron chi connectivity index (χ1n) is 21.3. The van der Waals surface area contributed by atoms with E-state index in [0.717, 1.165) is 51.9 Å². The Morgan fingerprint density at radius 3 is 1.66 bits per heavy atom. The Labute approximate surface area is 302 Å². The molecule has 0 aliphatic heterocycles. The van der Waals surface area contributed by atoms with Crippen molar-refractivity contribution in [3.05, 3.63) is 157 Å². The summed E-state index contributed by atoms with van der Waals surface area (Å²) in [5, 5.41) is 5.77. The lowest BCUT2D eigenvalue weighted by Gasteiger charge is -2.57. The molecule has 0 radical (unpaired) electrons. The van der Waals surface area contributed by atoms with Gasteiger partial charge in [-0.1, -0.05) is 139 Å². The molecule has 0 saturated heterocycles. The van der Waals surface area contributed by atoms with E-state index in [0.29, 0.717) is 67.1 Å². The lowest BCUT2D eigenvalue weighted by Crippen LogP contribution is -2.48. The Morgan fingerprint density at radius 1 is 0.420 bits per heavy atom. The first-order valence-corrected chi connectivity index (χ1v) is 18.3. The van der Waals surface area contributed by atoms with Crippen LogP contribution in [0.5, 0.6) is 0 Å². The molecule has 0 atom stereocenters. The van der Waals surface area contributed by atoms with E-state index in [1.807, 2.05) is 97.1 Å². The third-order valence-electron chi connectivity index (χ3n) is 12.4. The average Bonchev–Trinajstić information content (AvgIpc) is 3.21. The molecule has 50 heavy (non-hydrogen) atoms. The van der Waals surface area contributed by atoms with Crippen molar-refractivity contribution in [3.63, 3.8) is 0 Å². The van der Waals surface area contributed by atoms with Crippen LogP contribution >= 0.6 is 0 Å². The van der Waals surface area contributed by atoms with E-state index in [9.17, 15) is 8.22 Å². The standard InChI is InChI=1S/C50H40/c1-2-12-37(13-3-1)48-44-22-20-38(42-18-8-14-35-10-4-6-16-40(35)42)27-46(44)49(43-19-9-15-36-11-5-7-17-41(36)43)45-23-21-39(28-47(45)48)50-29-32-24-33(30-50)26-34(25-32)31-50/h1-23,27-28,32-34H,24-26,29-31H2/i20D,21D,22D,23D,27D,28D. The molecule has 4 bridgehead atoms. The number of benzene rings is 8. The van der Waals surface area contributed by atoms with Gasteiger partial charge >= 0.3 is 0 Å². The minimum absolute atomic E-state index is 0.00147. The van der Waals surface area contributed by atoms with Crippen molar-refractivity contribution in [3.8, 4) is 33.4 Å².